The monoisotopic (exact) mass is 362 g/mol. The van der Waals surface area contributed by atoms with Crippen LogP contribution in [0.2, 0.25) is 0 Å². The Morgan fingerprint density at radius 1 is 1.19 bits per heavy atom. The number of methoxy groups -OCH3 is 2. The molecule has 26 heavy (non-hydrogen) atoms. The predicted molar refractivity (Wildman–Crippen MR) is 94.7 cm³/mol. The lowest BCUT2D eigenvalue weighted by molar-refractivity contribution is -0.113. The van der Waals surface area contributed by atoms with E-state index in [1.165, 1.54) is 31.3 Å². The van der Waals surface area contributed by atoms with E-state index in [2.05, 4.69) is 11.6 Å². The second-order valence-corrected chi connectivity index (χ2v) is 5.51. The molecule has 1 aromatic heterocycles. The van der Waals surface area contributed by atoms with Crippen LogP contribution < -0.4 is 14.4 Å². The molecule has 5 nitrogen and oxygen atoms in total. The van der Waals surface area contributed by atoms with E-state index in [0.29, 0.717) is 12.2 Å². The zero-order valence-electron chi connectivity index (χ0n) is 14.9. The Hall–Kier alpha value is -2.96. The van der Waals surface area contributed by atoms with E-state index >= 15 is 0 Å². The summed E-state index contributed by atoms with van der Waals surface area (Å²) < 4.78 is 38.6. The number of hydrogen-bond donors (Lipinski definition) is 0. The van der Waals surface area contributed by atoms with Crippen LogP contribution in [0.25, 0.3) is 0 Å². The van der Waals surface area contributed by atoms with Gasteiger partial charge in [-0.25, -0.2) is 13.8 Å². The highest BCUT2D eigenvalue weighted by Crippen LogP contribution is 2.32. The van der Waals surface area contributed by atoms with Gasteiger partial charge in [-0.15, -0.1) is 0 Å². The van der Waals surface area contributed by atoms with Gasteiger partial charge in [0.2, 0.25) is 0 Å². The number of nitrogens with zero attached hydrogens (tertiary/aromatic N) is 2. The number of rotatable bonds is 7. The standard InChI is InChI=1S/C19H20F2N2O3/c1-5-17(24)23(2)16-9-7-12(11-22-16)6-8-13-18(20)14(25-3)10-15(26-4)19(13)21/h5,7,9-11H,1,6,8H2,2-4H3. The maximum Gasteiger partial charge on any atom is 0.251 e. The molecule has 0 N–H and O–H groups in total. The number of ether oxygens (including phenoxy) is 2. The summed E-state index contributed by atoms with van der Waals surface area (Å²) in [6.07, 6.45) is 3.22. The van der Waals surface area contributed by atoms with Gasteiger partial charge in [-0.2, -0.15) is 0 Å². The molecule has 0 bridgehead atoms. The average molecular weight is 362 g/mol. The van der Waals surface area contributed by atoms with Crippen LogP contribution in [0.15, 0.2) is 37.1 Å². The van der Waals surface area contributed by atoms with E-state index in [0.717, 1.165) is 5.56 Å². The first kappa shape index (κ1) is 19.4. The van der Waals surface area contributed by atoms with E-state index in [1.54, 1.807) is 25.4 Å². The van der Waals surface area contributed by atoms with Gasteiger partial charge in [-0.05, 0) is 30.5 Å². The summed E-state index contributed by atoms with van der Waals surface area (Å²) >= 11 is 0. The predicted octanol–water partition coefficient (Wildman–Crippen LogP) is 3.31. The molecule has 7 heteroatoms. The van der Waals surface area contributed by atoms with Crippen molar-refractivity contribution < 1.29 is 23.0 Å². The van der Waals surface area contributed by atoms with Crippen LogP contribution in [0, 0.1) is 11.6 Å². The number of carbonyl (C=O) groups excluding carboxylic acids is 1. The lowest BCUT2D eigenvalue weighted by Crippen LogP contribution is -2.24. The number of aryl methyl sites for hydroxylation is 1. The first-order chi connectivity index (χ1) is 12.4. The third-order valence-corrected chi connectivity index (χ3v) is 3.99. The third kappa shape index (κ3) is 3.99. The highest BCUT2D eigenvalue weighted by Gasteiger charge is 2.19. The SMILES string of the molecule is C=CC(=O)N(C)c1ccc(CCc2c(F)c(OC)cc(OC)c2F)cn1. The van der Waals surface area contributed by atoms with Gasteiger partial charge >= 0.3 is 0 Å². The van der Waals surface area contributed by atoms with E-state index in [1.807, 2.05) is 0 Å². The van der Waals surface area contributed by atoms with Crippen molar-refractivity contribution in [3.8, 4) is 11.5 Å². The van der Waals surface area contributed by atoms with Crippen molar-refractivity contribution >= 4 is 11.7 Å². The number of halogens is 2. The summed E-state index contributed by atoms with van der Waals surface area (Å²) in [5.74, 6) is -1.46. The number of hydrogen-bond acceptors (Lipinski definition) is 4. The largest absolute Gasteiger partial charge is 0.494 e. The summed E-state index contributed by atoms with van der Waals surface area (Å²) in [6.45, 7) is 3.42. The number of carbonyl (C=O) groups is 1. The van der Waals surface area contributed by atoms with Crippen molar-refractivity contribution in [2.75, 3.05) is 26.2 Å². The van der Waals surface area contributed by atoms with Crippen LogP contribution in [0.4, 0.5) is 14.6 Å². The Kier molecular flexibility index (Phi) is 6.27. The van der Waals surface area contributed by atoms with Gasteiger partial charge in [0.25, 0.3) is 5.91 Å². The van der Waals surface area contributed by atoms with Crippen molar-refractivity contribution in [1.29, 1.82) is 0 Å². The number of amides is 1. The summed E-state index contributed by atoms with van der Waals surface area (Å²) in [5, 5.41) is 0. The van der Waals surface area contributed by atoms with E-state index < -0.39 is 11.6 Å². The highest BCUT2D eigenvalue weighted by atomic mass is 19.1. The molecule has 0 saturated carbocycles. The smallest absolute Gasteiger partial charge is 0.251 e. The lowest BCUT2D eigenvalue weighted by Gasteiger charge is -2.14. The van der Waals surface area contributed by atoms with Gasteiger partial charge in [0.05, 0.1) is 14.2 Å². The van der Waals surface area contributed by atoms with Crippen molar-refractivity contribution in [2.24, 2.45) is 0 Å². The number of pyridine rings is 1. The Labute approximate surface area is 150 Å². The lowest BCUT2D eigenvalue weighted by atomic mass is 10.0. The molecule has 0 aliphatic heterocycles. The molecule has 2 aromatic rings. The summed E-state index contributed by atoms with van der Waals surface area (Å²) in [4.78, 5) is 17.1. The molecule has 1 aromatic carbocycles. The van der Waals surface area contributed by atoms with Crippen molar-refractivity contribution in [1.82, 2.24) is 4.98 Å². The molecule has 0 atom stereocenters. The van der Waals surface area contributed by atoms with Crippen molar-refractivity contribution in [3.63, 3.8) is 0 Å². The third-order valence-electron chi connectivity index (χ3n) is 3.99. The zero-order valence-corrected chi connectivity index (χ0v) is 14.9. The van der Waals surface area contributed by atoms with Gasteiger partial charge in [-0.1, -0.05) is 12.6 Å². The van der Waals surface area contributed by atoms with Gasteiger partial charge < -0.3 is 9.47 Å². The minimum absolute atomic E-state index is 0.0729. The summed E-state index contributed by atoms with van der Waals surface area (Å²) in [5.41, 5.74) is 0.665. The Balaban J connectivity index is 2.19. The molecule has 2 rings (SSSR count). The molecule has 1 amide bonds. The molecule has 0 spiro atoms. The minimum Gasteiger partial charge on any atom is -0.494 e. The molecular formula is C19H20F2N2O3. The first-order valence-corrected chi connectivity index (χ1v) is 7.86. The number of likely N-dealkylation sites (N-methyl/N-ethyl adjacent to an activating group) is 1. The van der Waals surface area contributed by atoms with Gasteiger partial charge in [0, 0.05) is 24.9 Å². The van der Waals surface area contributed by atoms with Crippen molar-refractivity contribution in [3.05, 3.63) is 59.8 Å². The van der Waals surface area contributed by atoms with E-state index in [9.17, 15) is 13.6 Å². The summed E-state index contributed by atoms with van der Waals surface area (Å²) in [7, 11) is 4.20. The Morgan fingerprint density at radius 3 is 2.27 bits per heavy atom. The highest BCUT2D eigenvalue weighted by molar-refractivity contribution is 5.99. The second kappa shape index (κ2) is 8.42. The van der Waals surface area contributed by atoms with Gasteiger partial charge in [0.15, 0.2) is 23.1 Å². The van der Waals surface area contributed by atoms with Gasteiger partial charge in [0.1, 0.15) is 5.82 Å². The molecule has 0 unspecified atom stereocenters. The fraction of sp³-hybridized carbons (Fsp3) is 0.263. The normalized spacial score (nSPS) is 10.3. The maximum atomic E-state index is 14.4. The average Bonchev–Trinajstić information content (AvgIpc) is 2.67. The van der Waals surface area contributed by atoms with Crippen LogP contribution in [-0.2, 0) is 17.6 Å². The molecule has 0 radical (unpaired) electrons. The maximum absolute atomic E-state index is 14.4. The number of benzene rings is 1. The van der Waals surface area contributed by atoms with Crippen LogP contribution >= 0.6 is 0 Å². The molecule has 0 saturated heterocycles. The quantitative estimate of drug-likeness (QED) is 0.709. The van der Waals surface area contributed by atoms with Crippen LogP contribution in [-0.4, -0.2) is 32.2 Å². The second-order valence-electron chi connectivity index (χ2n) is 5.51. The van der Waals surface area contributed by atoms with E-state index in [-0.39, 0.29) is 29.4 Å². The fourth-order valence-corrected chi connectivity index (χ4v) is 2.44. The van der Waals surface area contributed by atoms with E-state index in [4.69, 9.17) is 9.47 Å². The number of aromatic nitrogens is 1. The zero-order chi connectivity index (χ0) is 19.3. The first-order valence-electron chi connectivity index (χ1n) is 7.86. The summed E-state index contributed by atoms with van der Waals surface area (Å²) in [6, 6.07) is 4.59. The van der Waals surface area contributed by atoms with Crippen LogP contribution in [0.1, 0.15) is 11.1 Å². The fourth-order valence-electron chi connectivity index (χ4n) is 2.44. The van der Waals surface area contributed by atoms with Gasteiger partial charge in [-0.3, -0.25) is 9.69 Å². The molecule has 138 valence electrons. The molecular weight excluding hydrogens is 342 g/mol. The molecule has 0 aliphatic carbocycles. The molecule has 0 fully saturated rings. The topological polar surface area (TPSA) is 51.7 Å². The minimum atomic E-state index is -0.744. The Bertz CT molecular complexity index is 779. The van der Waals surface area contributed by atoms with Crippen LogP contribution in [0.3, 0.4) is 0 Å². The van der Waals surface area contributed by atoms with Crippen molar-refractivity contribution in [2.45, 2.75) is 12.8 Å². The Morgan fingerprint density at radius 2 is 1.81 bits per heavy atom. The number of anilines is 1. The molecule has 0 aliphatic rings. The molecule has 1 heterocycles. The van der Waals surface area contributed by atoms with Crippen LogP contribution in [0.5, 0.6) is 11.5 Å².